The van der Waals surface area contributed by atoms with E-state index in [-0.39, 0.29) is 5.92 Å². The number of hydrogen-bond donors (Lipinski definition) is 1. The van der Waals surface area contributed by atoms with E-state index in [0.717, 1.165) is 37.9 Å². The Balaban J connectivity index is 1.80. The smallest absolute Gasteiger partial charge is 0.332 e. The highest BCUT2D eigenvalue weighted by molar-refractivity contribution is 5.56. The molecule has 0 radical (unpaired) electrons. The fraction of sp³-hybridized carbons (Fsp3) is 0.312. The Morgan fingerprint density at radius 1 is 1.00 bits per heavy atom. The number of aromatic nitrogens is 2. The highest BCUT2D eigenvalue weighted by atomic mass is 16.2. The molecule has 1 aliphatic rings. The number of benzene rings is 1. The van der Waals surface area contributed by atoms with Crippen molar-refractivity contribution in [2.75, 3.05) is 18.0 Å². The fourth-order valence-corrected chi connectivity index (χ4v) is 2.74. The molecule has 6 nitrogen and oxygen atoms in total. The molecule has 0 aliphatic carbocycles. The predicted octanol–water partition coefficient (Wildman–Crippen LogP) is 0.941. The molecule has 22 heavy (non-hydrogen) atoms. The zero-order valence-electron chi connectivity index (χ0n) is 12.1. The molecule has 2 heterocycles. The number of rotatable bonds is 3. The third-order valence-electron chi connectivity index (χ3n) is 4.05. The van der Waals surface area contributed by atoms with Gasteiger partial charge in [0, 0.05) is 37.0 Å². The lowest BCUT2D eigenvalue weighted by molar-refractivity contribution is -0.111. The molecule has 2 aromatic rings. The van der Waals surface area contributed by atoms with E-state index in [1.807, 2.05) is 24.3 Å². The summed E-state index contributed by atoms with van der Waals surface area (Å²) >= 11 is 0. The number of H-pyrrole nitrogens is 1. The van der Waals surface area contributed by atoms with Gasteiger partial charge in [-0.3, -0.25) is 14.3 Å². The van der Waals surface area contributed by atoms with Gasteiger partial charge in [0.2, 0.25) is 0 Å². The van der Waals surface area contributed by atoms with Gasteiger partial charge < -0.3 is 9.69 Å². The van der Waals surface area contributed by atoms with Gasteiger partial charge in [-0.2, -0.15) is 0 Å². The van der Waals surface area contributed by atoms with Crippen LogP contribution in [0.1, 0.15) is 12.8 Å². The first-order valence-electron chi connectivity index (χ1n) is 7.30. The molecule has 114 valence electrons. The van der Waals surface area contributed by atoms with Gasteiger partial charge in [-0.15, -0.1) is 0 Å². The summed E-state index contributed by atoms with van der Waals surface area (Å²) in [6, 6.07) is 8.92. The van der Waals surface area contributed by atoms with E-state index < -0.39 is 11.2 Å². The van der Waals surface area contributed by atoms with E-state index in [1.165, 1.54) is 16.8 Å². The van der Waals surface area contributed by atoms with Gasteiger partial charge in [0.1, 0.15) is 6.29 Å². The zero-order chi connectivity index (χ0) is 15.5. The third-order valence-corrected chi connectivity index (χ3v) is 4.05. The Morgan fingerprint density at radius 3 is 2.23 bits per heavy atom. The van der Waals surface area contributed by atoms with Crippen molar-refractivity contribution in [3.63, 3.8) is 0 Å². The molecule has 1 aromatic carbocycles. The summed E-state index contributed by atoms with van der Waals surface area (Å²) in [5.74, 6) is 0.176. The summed E-state index contributed by atoms with van der Waals surface area (Å²) in [6.07, 6.45) is 4.27. The third kappa shape index (κ3) is 2.86. The molecule has 0 spiro atoms. The summed E-state index contributed by atoms with van der Waals surface area (Å²) in [4.78, 5) is 38.1. The lowest BCUT2D eigenvalue weighted by Gasteiger charge is -2.31. The Morgan fingerprint density at radius 2 is 1.64 bits per heavy atom. The van der Waals surface area contributed by atoms with Crippen LogP contribution in [0.5, 0.6) is 0 Å². The van der Waals surface area contributed by atoms with E-state index in [0.29, 0.717) is 5.69 Å². The highest BCUT2D eigenvalue weighted by Crippen LogP contribution is 2.23. The minimum atomic E-state index is -0.452. The van der Waals surface area contributed by atoms with E-state index in [2.05, 4.69) is 9.88 Å². The number of piperidine rings is 1. The number of carbonyl (C=O) groups excluding carboxylic acids is 1. The summed E-state index contributed by atoms with van der Waals surface area (Å²) in [7, 11) is 0. The van der Waals surface area contributed by atoms with Crippen molar-refractivity contribution in [3.05, 3.63) is 57.4 Å². The molecular formula is C16H17N3O3. The van der Waals surface area contributed by atoms with Crippen LogP contribution in [0.25, 0.3) is 5.69 Å². The molecule has 1 N–H and O–H groups in total. The van der Waals surface area contributed by atoms with Crippen LogP contribution in [-0.2, 0) is 4.79 Å². The van der Waals surface area contributed by atoms with Crippen LogP contribution in [0.15, 0.2) is 46.1 Å². The monoisotopic (exact) mass is 299 g/mol. The van der Waals surface area contributed by atoms with Gasteiger partial charge in [0.15, 0.2) is 0 Å². The zero-order valence-corrected chi connectivity index (χ0v) is 12.1. The normalized spacial score (nSPS) is 15.7. The molecule has 0 saturated carbocycles. The van der Waals surface area contributed by atoms with E-state index in [4.69, 9.17) is 0 Å². The second-order valence-corrected chi connectivity index (χ2v) is 5.46. The average Bonchev–Trinajstić information content (AvgIpc) is 2.55. The van der Waals surface area contributed by atoms with Gasteiger partial charge in [-0.1, -0.05) is 0 Å². The Kier molecular flexibility index (Phi) is 3.91. The van der Waals surface area contributed by atoms with Crippen LogP contribution in [0.3, 0.4) is 0 Å². The minimum absolute atomic E-state index is 0.176. The quantitative estimate of drug-likeness (QED) is 0.856. The molecule has 6 heteroatoms. The number of hydrogen-bond acceptors (Lipinski definition) is 4. The van der Waals surface area contributed by atoms with Crippen molar-refractivity contribution in [1.82, 2.24) is 9.55 Å². The van der Waals surface area contributed by atoms with Crippen molar-refractivity contribution in [1.29, 1.82) is 0 Å². The molecule has 0 amide bonds. The second kappa shape index (κ2) is 6.01. The van der Waals surface area contributed by atoms with E-state index in [1.54, 1.807) is 0 Å². The summed E-state index contributed by atoms with van der Waals surface area (Å²) in [6.45, 7) is 1.72. The van der Waals surface area contributed by atoms with Crippen molar-refractivity contribution in [3.8, 4) is 5.69 Å². The Hall–Kier alpha value is -2.63. The van der Waals surface area contributed by atoms with E-state index in [9.17, 15) is 14.4 Å². The Labute approximate surface area is 127 Å². The van der Waals surface area contributed by atoms with Gasteiger partial charge in [-0.25, -0.2) is 4.79 Å². The van der Waals surface area contributed by atoms with Crippen LogP contribution in [0, 0.1) is 5.92 Å². The average molecular weight is 299 g/mol. The molecule has 3 rings (SSSR count). The van der Waals surface area contributed by atoms with Crippen molar-refractivity contribution in [2.24, 2.45) is 5.92 Å². The standard InChI is InChI=1S/C16H17N3O3/c20-11-12-5-8-18(9-6-12)13-1-3-14(4-2-13)19-10-7-15(21)17-16(19)22/h1-4,7,10-12H,5-6,8-9H2,(H,17,21,22). The van der Waals surface area contributed by atoms with Crippen LogP contribution in [0.2, 0.25) is 0 Å². The number of aldehydes is 1. The molecule has 0 atom stereocenters. The van der Waals surface area contributed by atoms with Crippen molar-refractivity contribution < 1.29 is 4.79 Å². The summed E-state index contributed by atoms with van der Waals surface area (Å²) in [5, 5.41) is 0. The molecule has 1 saturated heterocycles. The maximum absolute atomic E-state index is 11.8. The number of carbonyl (C=O) groups is 1. The molecular weight excluding hydrogens is 282 g/mol. The SMILES string of the molecule is O=CC1CCN(c2ccc(-n3ccc(=O)[nH]c3=O)cc2)CC1. The van der Waals surface area contributed by atoms with Crippen LogP contribution in [-0.4, -0.2) is 28.9 Å². The molecule has 0 bridgehead atoms. The predicted molar refractivity (Wildman–Crippen MR) is 83.7 cm³/mol. The lowest BCUT2D eigenvalue weighted by Crippen LogP contribution is -2.34. The second-order valence-electron chi connectivity index (χ2n) is 5.46. The number of aromatic amines is 1. The van der Waals surface area contributed by atoms with Gasteiger partial charge in [0.25, 0.3) is 5.56 Å². The lowest BCUT2D eigenvalue weighted by atomic mass is 9.98. The first kappa shape index (κ1) is 14.3. The maximum Gasteiger partial charge on any atom is 0.332 e. The number of anilines is 1. The van der Waals surface area contributed by atoms with Gasteiger partial charge in [0.05, 0.1) is 5.69 Å². The molecule has 1 aromatic heterocycles. The summed E-state index contributed by atoms with van der Waals surface area (Å²) < 4.78 is 1.39. The molecule has 1 fully saturated rings. The molecule has 0 unspecified atom stereocenters. The van der Waals surface area contributed by atoms with Crippen LogP contribution >= 0.6 is 0 Å². The number of nitrogens with one attached hydrogen (secondary N) is 1. The topological polar surface area (TPSA) is 75.2 Å². The van der Waals surface area contributed by atoms with Crippen LogP contribution < -0.4 is 16.1 Å². The fourth-order valence-electron chi connectivity index (χ4n) is 2.74. The van der Waals surface area contributed by atoms with Crippen molar-refractivity contribution in [2.45, 2.75) is 12.8 Å². The first-order valence-corrected chi connectivity index (χ1v) is 7.30. The molecule has 1 aliphatic heterocycles. The van der Waals surface area contributed by atoms with E-state index >= 15 is 0 Å². The highest BCUT2D eigenvalue weighted by Gasteiger charge is 2.18. The summed E-state index contributed by atoms with van der Waals surface area (Å²) in [5.41, 5.74) is 0.918. The Bertz CT molecular complexity index is 768. The van der Waals surface area contributed by atoms with Gasteiger partial charge >= 0.3 is 5.69 Å². The first-order chi connectivity index (χ1) is 10.7. The maximum atomic E-state index is 11.8. The van der Waals surface area contributed by atoms with Crippen molar-refractivity contribution >= 4 is 12.0 Å². The van der Waals surface area contributed by atoms with Crippen LogP contribution in [0.4, 0.5) is 5.69 Å². The van der Waals surface area contributed by atoms with Gasteiger partial charge in [-0.05, 0) is 37.1 Å². The largest absolute Gasteiger partial charge is 0.371 e. The minimum Gasteiger partial charge on any atom is -0.371 e. The number of nitrogens with zero attached hydrogens (tertiary/aromatic N) is 2.